The number of aliphatic carboxylic acids is 1. The highest BCUT2D eigenvalue weighted by molar-refractivity contribution is 7.16. The van der Waals surface area contributed by atoms with Gasteiger partial charge in [0.1, 0.15) is 0 Å². The van der Waals surface area contributed by atoms with Crippen molar-refractivity contribution in [3.8, 4) is 0 Å². The van der Waals surface area contributed by atoms with Gasteiger partial charge in [-0.05, 0) is 31.9 Å². The Bertz CT molecular complexity index is 518. The van der Waals surface area contributed by atoms with Crippen LogP contribution in [0, 0.1) is 0 Å². The van der Waals surface area contributed by atoms with Crippen molar-refractivity contribution in [2.45, 2.75) is 38.6 Å². The monoisotopic (exact) mass is 332 g/mol. The lowest BCUT2D eigenvalue weighted by Crippen LogP contribution is -2.40. The highest BCUT2D eigenvalue weighted by Gasteiger charge is 2.13. The van der Waals surface area contributed by atoms with E-state index in [-0.39, 0.29) is 18.9 Å². The summed E-state index contributed by atoms with van der Waals surface area (Å²) in [6.07, 6.45) is 0.992. The van der Waals surface area contributed by atoms with Gasteiger partial charge in [-0.15, -0.1) is 11.3 Å². The quantitative estimate of drug-likeness (QED) is 0.669. The Kier molecular flexibility index (Phi) is 7.18. The summed E-state index contributed by atoms with van der Waals surface area (Å²) in [6.45, 7) is 1.79. The van der Waals surface area contributed by atoms with E-state index in [9.17, 15) is 14.4 Å². The van der Waals surface area contributed by atoms with E-state index in [4.69, 9.17) is 16.7 Å². The molecular weight excluding hydrogens is 316 g/mol. The van der Waals surface area contributed by atoms with Crippen LogP contribution >= 0.6 is 22.9 Å². The standard InChI is InChI=1S/C13H17ClN2O4S/c1-8(9-6-7-10(14)21-9)15-13(20)16-11(17)4-2-3-5-12(18)19/h6-8H,2-5H2,1H3,(H,18,19)(H2,15,16,17,20). The summed E-state index contributed by atoms with van der Waals surface area (Å²) >= 11 is 7.17. The van der Waals surface area contributed by atoms with Crippen LogP contribution in [0.25, 0.3) is 0 Å². The lowest BCUT2D eigenvalue weighted by atomic mass is 10.2. The first kappa shape index (κ1) is 17.5. The lowest BCUT2D eigenvalue weighted by molar-refractivity contribution is -0.137. The summed E-state index contributed by atoms with van der Waals surface area (Å²) < 4.78 is 0.633. The normalized spacial score (nSPS) is 11.7. The zero-order valence-electron chi connectivity index (χ0n) is 11.5. The fraction of sp³-hybridized carbons (Fsp3) is 0.462. The van der Waals surface area contributed by atoms with Crippen molar-refractivity contribution >= 4 is 40.8 Å². The topological polar surface area (TPSA) is 95.5 Å². The van der Waals surface area contributed by atoms with Crippen LogP contribution < -0.4 is 10.6 Å². The van der Waals surface area contributed by atoms with Crippen LogP contribution in [0.2, 0.25) is 4.34 Å². The van der Waals surface area contributed by atoms with E-state index in [0.29, 0.717) is 17.2 Å². The molecule has 1 unspecified atom stereocenters. The number of thiophene rings is 1. The molecule has 0 aliphatic rings. The molecule has 0 aromatic carbocycles. The molecular formula is C13H17ClN2O4S. The Balaban J connectivity index is 2.26. The number of carbonyl (C=O) groups is 3. The van der Waals surface area contributed by atoms with Crippen molar-refractivity contribution in [2.24, 2.45) is 0 Å². The largest absolute Gasteiger partial charge is 0.481 e. The average molecular weight is 333 g/mol. The van der Waals surface area contributed by atoms with Crippen LogP contribution in [0.1, 0.15) is 43.5 Å². The van der Waals surface area contributed by atoms with Gasteiger partial charge in [0.2, 0.25) is 5.91 Å². The first-order valence-corrected chi connectivity index (χ1v) is 7.65. The number of nitrogens with one attached hydrogen (secondary N) is 2. The summed E-state index contributed by atoms with van der Waals surface area (Å²) in [4.78, 5) is 34.3. The van der Waals surface area contributed by atoms with E-state index in [0.717, 1.165) is 4.88 Å². The Hall–Kier alpha value is -1.60. The minimum absolute atomic E-state index is 0.0235. The SMILES string of the molecule is CC(NC(=O)NC(=O)CCCCC(=O)O)c1ccc(Cl)s1. The number of unbranched alkanes of at least 4 members (excludes halogenated alkanes) is 1. The number of halogens is 1. The molecule has 1 atom stereocenters. The van der Waals surface area contributed by atoms with E-state index < -0.39 is 17.9 Å². The molecule has 1 aromatic rings. The number of carboxylic acids is 1. The summed E-state index contributed by atoms with van der Waals surface area (Å²) in [6, 6.07) is 2.73. The van der Waals surface area contributed by atoms with Gasteiger partial charge in [-0.1, -0.05) is 11.6 Å². The smallest absolute Gasteiger partial charge is 0.321 e. The van der Waals surface area contributed by atoms with Crippen molar-refractivity contribution in [1.29, 1.82) is 0 Å². The zero-order valence-corrected chi connectivity index (χ0v) is 13.1. The number of rotatable bonds is 7. The van der Waals surface area contributed by atoms with E-state index in [1.165, 1.54) is 11.3 Å². The summed E-state index contributed by atoms with van der Waals surface area (Å²) in [5.41, 5.74) is 0. The van der Waals surface area contributed by atoms with Crippen LogP contribution in [0.3, 0.4) is 0 Å². The third-order valence-corrected chi connectivity index (χ3v) is 4.08. The highest BCUT2D eigenvalue weighted by atomic mass is 35.5. The maximum Gasteiger partial charge on any atom is 0.321 e. The minimum atomic E-state index is -0.892. The second kappa shape index (κ2) is 8.63. The molecule has 0 aliphatic carbocycles. The van der Waals surface area contributed by atoms with Gasteiger partial charge in [-0.3, -0.25) is 14.9 Å². The van der Waals surface area contributed by atoms with E-state index in [1.54, 1.807) is 13.0 Å². The maximum absolute atomic E-state index is 11.6. The first-order valence-electron chi connectivity index (χ1n) is 6.46. The van der Waals surface area contributed by atoms with Crippen LogP contribution in [0.5, 0.6) is 0 Å². The van der Waals surface area contributed by atoms with Gasteiger partial charge in [0.05, 0.1) is 10.4 Å². The van der Waals surface area contributed by atoms with E-state index in [1.807, 2.05) is 6.07 Å². The number of urea groups is 1. The molecule has 1 rings (SSSR count). The molecule has 8 heteroatoms. The van der Waals surface area contributed by atoms with Gasteiger partial charge in [-0.25, -0.2) is 4.79 Å². The molecule has 0 fully saturated rings. The second-order valence-corrected chi connectivity index (χ2v) is 6.23. The van der Waals surface area contributed by atoms with Crippen LogP contribution in [0.15, 0.2) is 12.1 Å². The van der Waals surface area contributed by atoms with E-state index in [2.05, 4.69) is 10.6 Å². The summed E-state index contributed by atoms with van der Waals surface area (Å²) in [5, 5.41) is 13.3. The molecule has 21 heavy (non-hydrogen) atoms. The molecule has 0 saturated carbocycles. The molecule has 6 nitrogen and oxygen atoms in total. The third-order valence-electron chi connectivity index (χ3n) is 2.67. The van der Waals surface area contributed by atoms with Crippen LogP contribution in [-0.2, 0) is 9.59 Å². The number of hydrogen-bond acceptors (Lipinski definition) is 4. The molecule has 0 radical (unpaired) electrons. The second-order valence-electron chi connectivity index (χ2n) is 4.49. The Labute approximate surface area is 131 Å². The van der Waals surface area contributed by atoms with Gasteiger partial charge in [0, 0.05) is 17.7 Å². The van der Waals surface area contributed by atoms with Crippen molar-refractivity contribution in [3.63, 3.8) is 0 Å². The van der Waals surface area contributed by atoms with Gasteiger partial charge in [0.15, 0.2) is 0 Å². The van der Waals surface area contributed by atoms with Crippen molar-refractivity contribution in [1.82, 2.24) is 10.6 Å². The molecule has 3 N–H and O–H groups in total. The van der Waals surface area contributed by atoms with Crippen molar-refractivity contribution < 1.29 is 19.5 Å². The number of carboxylic acid groups (broad SMARTS) is 1. The molecule has 0 bridgehead atoms. The Morgan fingerprint density at radius 2 is 1.95 bits per heavy atom. The summed E-state index contributed by atoms with van der Waals surface area (Å²) in [5.74, 6) is -1.31. The lowest BCUT2D eigenvalue weighted by Gasteiger charge is -2.12. The maximum atomic E-state index is 11.6. The number of carbonyl (C=O) groups excluding carboxylic acids is 2. The predicted octanol–water partition coefficient (Wildman–Crippen LogP) is 2.93. The van der Waals surface area contributed by atoms with Crippen LogP contribution in [-0.4, -0.2) is 23.0 Å². The zero-order chi connectivity index (χ0) is 15.8. The molecule has 116 valence electrons. The van der Waals surface area contributed by atoms with Gasteiger partial charge in [-0.2, -0.15) is 0 Å². The van der Waals surface area contributed by atoms with Crippen molar-refractivity contribution in [3.05, 3.63) is 21.3 Å². The van der Waals surface area contributed by atoms with Crippen molar-refractivity contribution in [2.75, 3.05) is 0 Å². The molecule has 0 spiro atoms. The Morgan fingerprint density at radius 1 is 1.29 bits per heavy atom. The van der Waals surface area contributed by atoms with Gasteiger partial charge >= 0.3 is 12.0 Å². The van der Waals surface area contributed by atoms with Gasteiger partial charge in [0.25, 0.3) is 0 Å². The molecule has 0 aliphatic heterocycles. The molecule has 0 saturated heterocycles. The highest BCUT2D eigenvalue weighted by Crippen LogP contribution is 2.26. The molecule has 1 aromatic heterocycles. The Morgan fingerprint density at radius 3 is 2.52 bits per heavy atom. The summed E-state index contributed by atoms with van der Waals surface area (Å²) in [7, 11) is 0. The number of amides is 3. The number of hydrogen-bond donors (Lipinski definition) is 3. The molecule has 1 heterocycles. The third kappa shape index (κ3) is 7.10. The fourth-order valence-corrected chi connectivity index (χ4v) is 2.68. The fourth-order valence-electron chi connectivity index (χ4n) is 1.62. The average Bonchev–Trinajstić information content (AvgIpc) is 2.81. The molecule has 3 amide bonds. The van der Waals surface area contributed by atoms with Crippen LogP contribution in [0.4, 0.5) is 4.79 Å². The predicted molar refractivity (Wildman–Crippen MR) is 80.5 cm³/mol. The van der Waals surface area contributed by atoms with Gasteiger partial charge < -0.3 is 10.4 Å². The first-order chi connectivity index (χ1) is 9.88. The minimum Gasteiger partial charge on any atom is -0.481 e. The number of imide groups is 1. The van der Waals surface area contributed by atoms with E-state index >= 15 is 0 Å².